The Balaban J connectivity index is 1.48. The number of benzene rings is 1. The summed E-state index contributed by atoms with van der Waals surface area (Å²) >= 11 is 1.65. The Labute approximate surface area is 167 Å². The second kappa shape index (κ2) is 8.05. The molecule has 2 aliphatic heterocycles. The number of aryl methyl sites for hydroxylation is 1. The molecule has 2 saturated heterocycles. The molecule has 2 aromatic rings. The molecule has 0 aliphatic carbocycles. The van der Waals surface area contributed by atoms with Crippen LogP contribution in [0.15, 0.2) is 30.3 Å². The van der Waals surface area contributed by atoms with Gasteiger partial charge in [0.15, 0.2) is 0 Å². The smallest absolute Gasteiger partial charge is 0.264 e. The molecule has 2 fully saturated rings. The van der Waals surface area contributed by atoms with Gasteiger partial charge in [-0.15, -0.1) is 11.3 Å². The van der Waals surface area contributed by atoms with Crippen LogP contribution in [0.4, 0.5) is 5.69 Å². The average molecular weight is 383 g/mol. The Kier molecular flexibility index (Phi) is 5.53. The average Bonchev–Trinajstić information content (AvgIpc) is 3.38. The van der Waals surface area contributed by atoms with Gasteiger partial charge in [0, 0.05) is 36.7 Å². The lowest BCUT2D eigenvalue weighted by Gasteiger charge is -2.33. The third kappa shape index (κ3) is 3.91. The summed E-state index contributed by atoms with van der Waals surface area (Å²) < 4.78 is 0. The van der Waals surface area contributed by atoms with E-state index in [1.165, 1.54) is 48.5 Å². The lowest BCUT2D eigenvalue weighted by Crippen LogP contribution is -2.33. The van der Waals surface area contributed by atoms with E-state index >= 15 is 0 Å². The van der Waals surface area contributed by atoms with E-state index in [2.05, 4.69) is 49.1 Å². The minimum atomic E-state index is 0.219. The molecule has 27 heavy (non-hydrogen) atoms. The quantitative estimate of drug-likeness (QED) is 0.688. The predicted molar refractivity (Wildman–Crippen MR) is 115 cm³/mol. The summed E-state index contributed by atoms with van der Waals surface area (Å²) in [4.78, 5) is 19.4. The molecule has 0 atom stereocenters. The Morgan fingerprint density at radius 2 is 1.74 bits per heavy atom. The van der Waals surface area contributed by atoms with Gasteiger partial charge >= 0.3 is 0 Å². The van der Waals surface area contributed by atoms with Gasteiger partial charge in [0.05, 0.1) is 4.88 Å². The van der Waals surface area contributed by atoms with Crippen LogP contribution in [0, 0.1) is 12.8 Å². The number of nitrogens with zero attached hydrogens (tertiary/aromatic N) is 2. The van der Waals surface area contributed by atoms with Crippen molar-refractivity contribution in [2.24, 2.45) is 5.92 Å². The third-order valence-electron chi connectivity index (χ3n) is 6.21. The van der Waals surface area contributed by atoms with Gasteiger partial charge in [-0.25, -0.2) is 0 Å². The van der Waals surface area contributed by atoms with E-state index in [1.54, 1.807) is 11.3 Å². The van der Waals surface area contributed by atoms with Gasteiger partial charge in [-0.3, -0.25) is 4.79 Å². The number of piperidine rings is 1. The van der Waals surface area contributed by atoms with E-state index in [4.69, 9.17) is 0 Å². The van der Waals surface area contributed by atoms with Crippen molar-refractivity contribution in [1.29, 1.82) is 0 Å². The number of amides is 1. The molecule has 0 bridgehead atoms. The van der Waals surface area contributed by atoms with Gasteiger partial charge in [0.25, 0.3) is 5.91 Å². The van der Waals surface area contributed by atoms with Gasteiger partial charge in [-0.05, 0) is 67.9 Å². The Hall–Kier alpha value is -1.81. The molecule has 0 N–H and O–H groups in total. The largest absolute Gasteiger partial charge is 0.372 e. The molecular formula is C23H30N2OS. The highest BCUT2D eigenvalue weighted by molar-refractivity contribution is 7.17. The van der Waals surface area contributed by atoms with Crippen LogP contribution in [-0.4, -0.2) is 37.0 Å². The van der Waals surface area contributed by atoms with Crippen molar-refractivity contribution in [3.63, 3.8) is 0 Å². The maximum absolute atomic E-state index is 12.8. The van der Waals surface area contributed by atoms with Crippen molar-refractivity contribution in [1.82, 2.24) is 4.90 Å². The summed E-state index contributed by atoms with van der Waals surface area (Å²) in [6, 6.07) is 11.1. The molecule has 1 aromatic carbocycles. The first-order chi connectivity index (χ1) is 13.2. The first-order valence-corrected chi connectivity index (χ1v) is 11.2. The lowest BCUT2D eigenvalue weighted by molar-refractivity contribution is 0.0797. The monoisotopic (exact) mass is 382 g/mol. The first-order valence-electron chi connectivity index (χ1n) is 10.4. The Morgan fingerprint density at radius 1 is 1.07 bits per heavy atom. The van der Waals surface area contributed by atoms with Gasteiger partial charge < -0.3 is 9.80 Å². The van der Waals surface area contributed by atoms with Crippen LogP contribution >= 0.6 is 11.3 Å². The highest BCUT2D eigenvalue weighted by Crippen LogP contribution is 2.34. The highest BCUT2D eigenvalue weighted by Gasteiger charge is 2.23. The van der Waals surface area contributed by atoms with Gasteiger partial charge in [0.2, 0.25) is 0 Å². The maximum atomic E-state index is 12.8. The molecule has 0 spiro atoms. The van der Waals surface area contributed by atoms with Crippen molar-refractivity contribution in [2.45, 2.75) is 46.0 Å². The number of likely N-dealkylation sites (tertiary alicyclic amines) is 1. The second-order valence-electron chi connectivity index (χ2n) is 8.01. The number of carbonyl (C=O) groups is 1. The first kappa shape index (κ1) is 18.5. The van der Waals surface area contributed by atoms with Crippen LogP contribution in [-0.2, 0) is 0 Å². The standard InChI is InChI=1S/C23H30N2OS/c1-3-18-10-14-24(15-11-18)20-8-6-19(7-9-20)21-16-17(2)22(27-21)23(26)25-12-4-5-13-25/h6-9,16,18H,3-5,10-15H2,1-2H3. The zero-order chi connectivity index (χ0) is 18.8. The number of hydrogen-bond acceptors (Lipinski definition) is 3. The zero-order valence-corrected chi connectivity index (χ0v) is 17.4. The number of rotatable bonds is 4. The van der Waals surface area contributed by atoms with Crippen LogP contribution in [0.3, 0.4) is 0 Å². The van der Waals surface area contributed by atoms with Crippen LogP contribution < -0.4 is 4.90 Å². The summed E-state index contributed by atoms with van der Waals surface area (Å²) in [6.07, 6.45) is 6.21. The van der Waals surface area contributed by atoms with E-state index in [-0.39, 0.29) is 5.91 Å². The molecule has 3 heterocycles. The fourth-order valence-electron chi connectivity index (χ4n) is 4.34. The summed E-state index contributed by atoms with van der Waals surface area (Å²) in [5.74, 6) is 1.12. The van der Waals surface area contributed by atoms with Gasteiger partial charge in [-0.1, -0.05) is 25.5 Å². The summed E-state index contributed by atoms with van der Waals surface area (Å²) in [6.45, 7) is 8.54. The van der Waals surface area contributed by atoms with E-state index in [9.17, 15) is 4.79 Å². The topological polar surface area (TPSA) is 23.6 Å². The molecule has 4 rings (SSSR count). The Morgan fingerprint density at radius 3 is 2.37 bits per heavy atom. The van der Waals surface area contributed by atoms with Crippen LogP contribution in [0.25, 0.3) is 10.4 Å². The number of anilines is 1. The van der Waals surface area contributed by atoms with E-state index in [0.29, 0.717) is 0 Å². The SMILES string of the molecule is CCC1CCN(c2ccc(-c3cc(C)c(C(=O)N4CCCC4)s3)cc2)CC1. The summed E-state index contributed by atoms with van der Waals surface area (Å²) in [5.41, 5.74) is 3.66. The molecule has 0 radical (unpaired) electrons. The number of carbonyl (C=O) groups excluding carboxylic acids is 1. The van der Waals surface area contributed by atoms with Crippen LogP contribution in [0.2, 0.25) is 0 Å². The molecule has 4 heteroatoms. The van der Waals surface area contributed by atoms with E-state index in [1.807, 2.05) is 4.90 Å². The normalized spacial score (nSPS) is 18.3. The van der Waals surface area contributed by atoms with Gasteiger partial charge in [0.1, 0.15) is 0 Å². The molecule has 3 nitrogen and oxygen atoms in total. The van der Waals surface area contributed by atoms with Gasteiger partial charge in [-0.2, -0.15) is 0 Å². The molecule has 2 aliphatic rings. The van der Waals surface area contributed by atoms with Crippen molar-refractivity contribution < 1.29 is 4.79 Å². The van der Waals surface area contributed by atoms with E-state index in [0.717, 1.165) is 42.3 Å². The summed E-state index contributed by atoms with van der Waals surface area (Å²) in [5, 5.41) is 0. The zero-order valence-electron chi connectivity index (χ0n) is 16.5. The van der Waals surface area contributed by atoms with Crippen molar-refractivity contribution in [2.75, 3.05) is 31.1 Å². The fraction of sp³-hybridized carbons (Fsp3) is 0.522. The summed E-state index contributed by atoms with van der Waals surface area (Å²) in [7, 11) is 0. The molecular weight excluding hydrogens is 352 g/mol. The molecule has 1 amide bonds. The molecule has 0 unspecified atom stereocenters. The molecule has 0 saturated carbocycles. The van der Waals surface area contributed by atoms with E-state index < -0.39 is 0 Å². The minimum Gasteiger partial charge on any atom is -0.372 e. The van der Waals surface area contributed by atoms with Crippen molar-refractivity contribution >= 4 is 22.9 Å². The number of thiophene rings is 1. The minimum absolute atomic E-state index is 0.219. The molecule has 1 aromatic heterocycles. The molecule has 144 valence electrons. The third-order valence-corrected chi connectivity index (χ3v) is 7.49. The van der Waals surface area contributed by atoms with Crippen LogP contribution in [0.5, 0.6) is 0 Å². The Bertz CT molecular complexity index is 781. The number of hydrogen-bond donors (Lipinski definition) is 0. The lowest BCUT2D eigenvalue weighted by atomic mass is 9.94. The predicted octanol–water partition coefficient (Wildman–Crippen LogP) is 5.59. The maximum Gasteiger partial charge on any atom is 0.264 e. The second-order valence-corrected chi connectivity index (χ2v) is 9.06. The highest BCUT2D eigenvalue weighted by atomic mass is 32.1. The van der Waals surface area contributed by atoms with Crippen LogP contribution in [0.1, 0.15) is 54.3 Å². The fourth-order valence-corrected chi connectivity index (χ4v) is 5.48. The van der Waals surface area contributed by atoms with Crippen molar-refractivity contribution in [3.8, 4) is 10.4 Å². The van der Waals surface area contributed by atoms with Crippen molar-refractivity contribution in [3.05, 3.63) is 40.8 Å².